The molecule has 2 atom stereocenters. The third-order valence-corrected chi connectivity index (χ3v) is 2.59. The Hall–Kier alpha value is -0.0400. The van der Waals surface area contributed by atoms with Crippen LogP contribution in [0.15, 0.2) is 0 Å². The van der Waals surface area contributed by atoms with Gasteiger partial charge in [-0.15, -0.1) is 11.6 Å². The molecule has 1 saturated carbocycles. The highest BCUT2D eigenvalue weighted by atomic mass is 35.5. The topological polar surface area (TPSA) is 17.1 Å². The van der Waals surface area contributed by atoms with E-state index in [4.69, 9.17) is 11.6 Å². The molecule has 1 aliphatic rings. The average molecular weight is 175 g/mol. The first-order valence-electron chi connectivity index (χ1n) is 4.07. The van der Waals surface area contributed by atoms with Gasteiger partial charge < -0.3 is 0 Å². The molecule has 0 aliphatic heterocycles. The van der Waals surface area contributed by atoms with Crippen molar-refractivity contribution in [1.29, 1.82) is 0 Å². The van der Waals surface area contributed by atoms with Gasteiger partial charge in [0.15, 0.2) is 0 Å². The van der Waals surface area contributed by atoms with E-state index < -0.39 is 0 Å². The normalized spacial score (nSPS) is 30.2. The first kappa shape index (κ1) is 9.05. The van der Waals surface area contributed by atoms with Crippen molar-refractivity contribution >= 4 is 17.4 Å². The maximum atomic E-state index is 11.5. The van der Waals surface area contributed by atoms with E-state index in [9.17, 15) is 4.79 Å². The van der Waals surface area contributed by atoms with Crippen LogP contribution in [0.5, 0.6) is 0 Å². The number of Topliss-reactive ketones (excluding diaryl/α,β-unsaturated/α-hetero) is 1. The van der Waals surface area contributed by atoms with Crippen LogP contribution in [0, 0.1) is 17.3 Å². The van der Waals surface area contributed by atoms with Crippen molar-refractivity contribution < 1.29 is 4.79 Å². The van der Waals surface area contributed by atoms with Crippen molar-refractivity contribution in [2.75, 3.05) is 5.88 Å². The summed E-state index contributed by atoms with van der Waals surface area (Å²) in [5, 5.41) is 0. The molecule has 0 aromatic rings. The number of halogens is 1. The van der Waals surface area contributed by atoms with E-state index in [1.807, 2.05) is 20.8 Å². The molecule has 1 aliphatic carbocycles. The van der Waals surface area contributed by atoms with Crippen LogP contribution in [0.2, 0.25) is 0 Å². The smallest absolute Gasteiger partial charge is 0.141 e. The van der Waals surface area contributed by atoms with Crippen LogP contribution in [0.3, 0.4) is 0 Å². The predicted octanol–water partition coefficient (Wildman–Crippen LogP) is 2.48. The zero-order valence-electron chi connectivity index (χ0n) is 7.36. The summed E-state index contributed by atoms with van der Waals surface area (Å²) in [6.45, 7) is 5.91. The molecule has 0 spiro atoms. The Bertz CT molecular complexity index is 169. The van der Waals surface area contributed by atoms with Gasteiger partial charge in [0, 0.05) is 17.2 Å². The minimum atomic E-state index is -0.175. The molecule has 0 amide bonds. The van der Waals surface area contributed by atoms with Gasteiger partial charge in [-0.1, -0.05) is 20.8 Å². The molecule has 2 heteroatoms. The first-order valence-corrected chi connectivity index (χ1v) is 4.60. The Balaban J connectivity index is 2.46. The quantitative estimate of drug-likeness (QED) is 0.588. The van der Waals surface area contributed by atoms with Crippen LogP contribution in [-0.2, 0) is 4.79 Å². The van der Waals surface area contributed by atoms with Crippen molar-refractivity contribution in [3.63, 3.8) is 0 Å². The van der Waals surface area contributed by atoms with Crippen molar-refractivity contribution in [1.82, 2.24) is 0 Å². The van der Waals surface area contributed by atoms with E-state index in [0.717, 1.165) is 6.42 Å². The van der Waals surface area contributed by atoms with Gasteiger partial charge >= 0.3 is 0 Å². The highest BCUT2D eigenvalue weighted by Gasteiger charge is 2.45. The van der Waals surface area contributed by atoms with E-state index in [1.54, 1.807) is 0 Å². The van der Waals surface area contributed by atoms with Crippen molar-refractivity contribution in [2.24, 2.45) is 17.3 Å². The molecule has 0 heterocycles. The van der Waals surface area contributed by atoms with Crippen molar-refractivity contribution in [3.05, 3.63) is 0 Å². The van der Waals surface area contributed by atoms with Crippen LogP contribution in [0.4, 0.5) is 0 Å². The first-order chi connectivity index (χ1) is 4.96. The SMILES string of the molecule is CC(C)(C)C(=O)C1CC1CCl. The molecule has 1 fully saturated rings. The Morgan fingerprint density at radius 2 is 2.09 bits per heavy atom. The summed E-state index contributed by atoms with van der Waals surface area (Å²) in [7, 11) is 0. The molecular formula is C9H15ClO. The fourth-order valence-corrected chi connectivity index (χ4v) is 1.64. The van der Waals surface area contributed by atoms with Crippen LogP contribution in [0.1, 0.15) is 27.2 Å². The average Bonchev–Trinajstić information content (AvgIpc) is 2.62. The number of hydrogen-bond donors (Lipinski definition) is 0. The molecule has 0 aromatic carbocycles. The minimum absolute atomic E-state index is 0.175. The van der Waals surface area contributed by atoms with Crippen molar-refractivity contribution in [3.8, 4) is 0 Å². The standard InChI is InChI=1S/C9H15ClO/c1-9(2,3)8(11)7-4-6(7)5-10/h6-7H,4-5H2,1-3H3. The molecule has 0 bridgehead atoms. The highest BCUT2D eigenvalue weighted by Crippen LogP contribution is 2.43. The Morgan fingerprint density at radius 1 is 1.55 bits per heavy atom. The van der Waals surface area contributed by atoms with Gasteiger partial charge in [0.25, 0.3) is 0 Å². The minimum Gasteiger partial charge on any atom is -0.299 e. The van der Waals surface area contributed by atoms with E-state index in [0.29, 0.717) is 17.6 Å². The van der Waals surface area contributed by atoms with E-state index in [-0.39, 0.29) is 11.3 Å². The number of hydrogen-bond acceptors (Lipinski definition) is 1. The van der Waals surface area contributed by atoms with Gasteiger partial charge in [0.05, 0.1) is 0 Å². The van der Waals surface area contributed by atoms with Gasteiger partial charge in [0.1, 0.15) is 5.78 Å². The molecule has 1 nitrogen and oxygen atoms in total. The lowest BCUT2D eigenvalue weighted by Gasteiger charge is -2.15. The van der Waals surface area contributed by atoms with Gasteiger partial charge in [-0.2, -0.15) is 0 Å². The second kappa shape index (κ2) is 2.78. The fraction of sp³-hybridized carbons (Fsp3) is 0.889. The zero-order valence-corrected chi connectivity index (χ0v) is 8.11. The molecule has 2 unspecified atom stereocenters. The van der Waals surface area contributed by atoms with E-state index in [2.05, 4.69) is 0 Å². The number of ketones is 1. The Kier molecular flexibility index (Phi) is 2.29. The lowest BCUT2D eigenvalue weighted by molar-refractivity contribution is -0.127. The van der Waals surface area contributed by atoms with Gasteiger partial charge in [-0.05, 0) is 12.3 Å². The summed E-state index contributed by atoms with van der Waals surface area (Å²) in [6.07, 6.45) is 1.01. The van der Waals surface area contributed by atoms with Crippen LogP contribution < -0.4 is 0 Å². The lowest BCUT2D eigenvalue weighted by atomic mass is 9.87. The number of alkyl halides is 1. The van der Waals surface area contributed by atoms with Gasteiger partial charge in [-0.25, -0.2) is 0 Å². The lowest BCUT2D eigenvalue weighted by Crippen LogP contribution is -2.22. The second-order valence-corrected chi connectivity index (χ2v) is 4.68. The number of carbonyl (C=O) groups is 1. The molecule has 64 valence electrons. The summed E-state index contributed by atoms with van der Waals surface area (Å²) in [6, 6.07) is 0. The summed E-state index contributed by atoms with van der Waals surface area (Å²) in [5.74, 6) is 1.77. The maximum absolute atomic E-state index is 11.5. The number of carbonyl (C=O) groups excluding carboxylic acids is 1. The maximum Gasteiger partial charge on any atom is 0.141 e. The summed E-state index contributed by atoms with van der Waals surface area (Å²) in [4.78, 5) is 11.5. The summed E-state index contributed by atoms with van der Waals surface area (Å²) >= 11 is 5.64. The Labute approximate surface area is 73.1 Å². The Morgan fingerprint density at radius 3 is 2.36 bits per heavy atom. The molecular weight excluding hydrogens is 160 g/mol. The molecule has 0 radical (unpaired) electrons. The summed E-state index contributed by atoms with van der Waals surface area (Å²) in [5.41, 5.74) is -0.175. The largest absolute Gasteiger partial charge is 0.299 e. The van der Waals surface area contributed by atoms with E-state index in [1.165, 1.54) is 0 Å². The highest BCUT2D eigenvalue weighted by molar-refractivity contribution is 6.18. The summed E-state index contributed by atoms with van der Waals surface area (Å²) < 4.78 is 0. The van der Waals surface area contributed by atoms with Gasteiger partial charge in [-0.3, -0.25) is 4.79 Å². The molecule has 11 heavy (non-hydrogen) atoms. The monoisotopic (exact) mass is 174 g/mol. The third kappa shape index (κ3) is 1.96. The van der Waals surface area contributed by atoms with Crippen molar-refractivity contribution in [2.45, 2.75) is 27.2 Å². The second-order valence-electron chi connectivity index (χ2n) is 4.37. The van der Waals surface area contributed by atoms with Crippen LogP contribution in [0.25, 0.3) is 0 Å². The zero-order chi connectivity index (χ0) is 8.65. The third-order valence-electron chi connectivity index (χ3n) is 2.20. The number of rotatable bonds is 2. The molecule has 0 aromatic heterocycles. The predicted molar refractivity (Wildman–Crippen MR) is 46.8 cm³/mol. The van der Waals surface area contributed by atoms with Gasteiger partial charge in [0.2, 0.25) is 0 Å². The van der Waals surface area contributed by atoms with E-state index >= 15 is 0 Å². The van der Waals surface area contributed by atoms with Crippen LogP contribution >= 0.6 is 11.6 Å². The molecule has 1 rings (SSSR count). The molecule has 0 saturated heterocycles. The van der Waals surface area contributed by atoms with Crippen LogP contribution in [-0.4, -0.2) is 11.7 Å². The molecule has 0 N–H and O–H groups in total. The fourth-order valence-electron chi connectivity index (χ4n) is 1.30.